The summed E-state index contributed by atoms with van der Waals surface area (Å²) in [5, 5.41) is 0. The van der Waals surface area contributed by atoms with Gasteiger partial charge in [-0.3, -0.25) is 9.80 Å². The van der Waals surface area contributed by atoms with Crippen molar-refractivity contribution in [3.63, 3.8) is 0 Å². The average molecular weight is 395 g/mol. The summed E-state index contributed by atoms with van der Waals surface area (Å²) in [7, 11) is 1.88. The highest BCUT2D eigenvalue weighted by Gasteiger charge is 2.31. The predicted octanol–water partition coefficient (Wildman–Crippen LogP) is 5.54. The summed E-state index contributed by atoms with van der Waals surface area (Å²) in [6.07, 6.45) is 7.18. The number of rotatable bonds is 10. The van der Waals surface area contributed by atoms with Crippen LogP contribution in [0.25, 0.3) is 0 Å². The Hall–Kier alpha value is -0.120. The smallest absolute Gasteiger partial charge is 0.0574 e. The van der Waals surface area contributed by atoms with Gasteiger partial charge in [-0.05, 0) is 82.5 Å². The molecule has 1 heterocycles. The maximum Gasteiger partial charge on any atom is 0.0574 e. The normalized spacial score (nSPS) is 30.3. The highest BCUT2D eigenvalue weighted by Crippen LogP contribution is 2.38. The van der Waals surface area contributed by atoms with Crippen LogP contribution >= 0.6 is 0 Å². The lowest BCUT2D eigenvalue weighted by Gasteiger charge is -2.41. The van der Waals surface area contributed by atoms with Crippen LogP contribution in [0, 0.1) is 29.6 Å². The maximum atomic E-state index is 5.60. The van der Waals surface area contributed by atoms with Crippen molar-refractivity contribution in [3.05, 3.63) is 0 Å². The van der Waals surface area contributed by atoms with E-state index in [1.807, 2.05) is 7.11 Å². The van der Waals surface area contributed by atoms with Crippen LogP contribution in [0.3, 0.4) is 0 Å². The lowest BCUT2D eigenvalue weighted by molar-refractivity contribution is 0.0685. The van der Waals surface area contributed by atoms with E-state index in [1.165, 1.54) is 58.3 Å². The monoisotopic (exact) mass is 394 g/mol. The molecule has 7 unspecified atom stereocenters. The Bertz CT molecular complexity index is 432. The Balaban J connectivity index is 1.74. The molecular formula is C25H50N2O. The van der Waals surface area contributed by atoms with Crippen molar-refractivity contribution >= 4 is 0 Å². The first kappa shape index (κ1) is 24.2. The van der Waals surface area contributed by atoms with Gasteiger partial charge in [0.2, 0.25) is 0 Å². The van der Waals surface area contributed by atoms with Gasteiger partial charge >= 0.3 is 0 Å². The molecule has 7 atom stereocenters. The summed E-state index contributed by atoms with van der Waals surface area (Å²) in [6, 6.07) is 1.41. The number of piperazine rings is 1. The molecule has 0 radical (unpaired) electrons. The third kappa shape index (κ3) is 6.71. The maximum absolute atomic E-state index is 5.60. The van der Waals surface area contributed by atoms with Gasteiger partial charge in [-0.2, -0.15) is 0 Å². The van der Waals surface area contributed by atoms with Crippen LogP contribution in [0.1, 0.15) is 80.6 Å². The van der Waals surface area contributed by atoms with Crippen molar-refractivity contribution in [1.29, 1.82) is 0 Å². The first-order chi connectivity index (χ1) is 13.2. The minimum Gasteiger partial charge on any atom is -0.381 e. The molecule has 1 saturated heterocycles. The Morgan fingerprint density at radius 1 is 0.786 bits per heavy atom. The lowest BCUT2D eigenvalue weighted by Crippen LogP contribution is -2.51. The van der Waals surface area contributed by atoms with Gasteiger partial charge < -0.3 is 4.74 Å². The summed E-state index contributed by atoms with van der Waals surface area (Å²) in [5.41, 5.74) is 0. The van der Waals surface area contributed by atoms with E-state index < -0.39 is 0 Å². The fourth-order valence-corrected chi connectivity index (χ4v) is 5.85. The molecule has 2 fully saturated rings. The molecule has 28 heavy (non-hydrogen) atoms. The average Bonchev–Trinajstić information content (AvgIpc) is 3.16. The molecule has 2 aliphatic rings. The van der Waals surface area contributed by atoms with E-state index in [4.69, 9.17) is 4.74 Å². The van der Waals surface area contributed by atoms with Crippen molar-refractivity contribution in [2.24, 2.45) is 29.6 Å². The Morgan fingerprint density at radius 3 is 1.89 bits per heavy atom. The second-order valence-electron chi connectivity index (χ2n) is 10.7. The molecule has 1 aliphatic carbocycles. The number of hydrogen-bond acceptors (Lipinski definition) is 3. The van der Waals surface area contributed by atoms with Gasteiger partial charge in [0, 0.05) is 45.4 Å². The van der Waals surface area contributed by atoms with E-state index in [0.717, 1.165) is 29.6 Å². The highest BCUT2D eigenvalue weighted by molar-refractivity contribution is 4.83. The second kappa shape index (κ2) is 11.3. The number of nitrogens with zero attached hydrogens (tertiary/aromatic N) is 2. The lowest BCUT2D eigenvalue weighted by atomic mass is 9.75. The molecule has 0 bridgehead atoms. The predicted molar refractivity (Wildman–Crippen MR) is 122 cm³/mol. The van der Waals surface area contributed by atoms with Crippen LogP contribution < -0.4 is 0 Å². The molecule has 3 heteroatoms. The minimum absolute atomic E-state index is 0.524. The van der Waals surface area contributed by atoms with Crippen molar-refractivity contribution < 1.29 is 4.74 Å². The van der Waals surface area contributed by atoms with Crippen molar-refractivity contribution in [2.45, 2.75) is 98.8 Å². The number of ether oxygens (including phenoxy) is 1. The largest absolute Gasteiger partial charge is 0.381 e. The van der Waals surface area contributed by atoms with E-state index in [2.05, 4.69) is 58.3 Å². The molecule has 0 aromatic heterocycles. The van der Waals surface area contributed by atoms with Crippen molar-refractivity contribution in [1.82, 2.24) is 9.80 Å². The first-order valence-corrected chi connectivity index (χ1v) is 12.2. The summed E-state index contributed by atoms with van der Waals surface area (Å²) in [4.78, 5) is 5.36. The molecule has 1 aliphatic heterocycles. The van der Waals surface area contributed by atoms with E-state index in [-0.39, 0.29) is 0 Å². The van der Waals surface area contributed by atoms with E-state index >= 15 is 0 Å². The summed E-state index contributed by atoms with van der Waals surface area (Å²) >= 11 is 0. The fraction of sp³-hybridized carbons (Fsp3) is 1.00. The molecule has 1 saturated carbocycles. The van der Waals surface area contributed by atoms with Crippen LogP contribution in [-0.4, -0.2) is 61.3 Å². The van der Waals surface area contributed by atoms with Gasteiger partial charge in [0.25, 0.3) is 0 Å². The zero-order valence-electron chi connectivity index (χ0n) is 20.3. The minimum atomic E-state index is 0.524. The molecule has 0 aromatic carbocycles. The van der Waals surface area contributed by atoms with Crippen molar-refractivity contribution in [2.75, 3.05) is 33.3 Å². The van der Waals surface area contributed by atoms with E-state index in [9.17, 15) is 0 Å². The molecule has 3 nitrogen and oxygen atoms in total. The standard InChI is InChI=1S/C25H50N2O/c1-18(2)26-11-13-27(14-12-26)22(6)16-20(4)23(7)19(3)15-21(5)24-9-10-25(17-24)28-8/h18-25H,9-17H2,1-8H3. The van der Waals surface area contributed by atoms with Gasteiger partial charge in [0.1, 0.15) is 0 Å². The van der Waals surface area contributed by atoms with Gasteiger partial charge in [-0.25, -0.2) is 0 Å². The summed E-state index contributed by atoms with van der Waals surface area (Å²) in [5.74, 6) is 4.14. The Morgan fingerprint density at radius 2 is 1.36 bits per heavy atom. The van der Waals surface area contributed by atoms with Gasteiger partial charge in [0.15, 0.2) is 0 Å². The van der Waals surface area contributed by atoms with Crippen LogP contribution in [0.15, 0.2) is 0 Å². The SMILES string of the molecule is COC1CCC(C(C)CC(C)C(C)C(C)CC(C)N2CCN(C(C)C)CC2)C1. The van der Waals surface area contributed by atoms with E-state index in [0.29, 0.717) is 18.2 Å². The topological polar surface area (TPSA) is 15.7 Å². The molecule has 0 spiro atoms. The molecular weight excluding hydrogens is 344 g/mol. The van der Waals surface area contributed by atoms with Crippen LogP contribution in [-0.2, 0) is 4.74 Å². The van der Waals surface area contributed by atoms with Crippen LogP contribution in [0.4, 0.5) is 0 Å². The molecule has 166 valence electrons. The Labute approximate surface area is 176 Å². The molecule has 0 aromatic rings. The number of hydrogen-bond donors (Lipinski definition) is 0. The molecule has 0 amide bonds. The molecule has 0 N–H and O–H groups in total. The number of methoxy groups -OCH3 is 1. The quantitative estimate of drug-likeness (QED) is 0.484. The summed E-state index contributed by atoms with van der Waals surface area (Å²) < 4.78 is 5.60. The van der Waals surface area contributed by atoms with Gasteiger partial charge in [-0.1, -0.05) is 27.7 Å². The van der Waals surface area contributed by atoms with Gasteiger partial charge in [0.05, 0.1) is 6.10 Å². The van der Waals surface area contributed by atoms with E-state index in [1.54, 1.807) is 0 Å². The molecule has 2 rings (SSSR count). The third-order valence-electron chi connectivity index (χ3n) is 8.52. The summed E-state index contributed by atoms with van der Waals surface area (Å²) in [6.45, 7) is 22.1. The second-order valence-corrected chi connectivity index (χ2v) is 10.7. The third-order valence-corrected chi connectivity index (χ3v) is 8.52. The fourth-order valence-electron chi connectivity index (χ4n) is 5.85. The highest BCUT2D eigenvalue weighted by atomic mass is 16.5. The van der Waals surface area contributed by atoms with Gasteiger partial charge in [-0.15, -0.1) is 0 Å². The van der Waals surface area contributed by atoms with Crippen molar-refractivity contribution in [3.8, 4) is 0 Å². The van der Waals surface area contributed by atoms with Crippen LogP contribution in [0.5, 0.6) is 0 Å². The zero-order valence-corrected chi connectivity index (χ0v) is 20.3. The first-order valence-electron chi connectivity index (χ1n) is 12.2. The Kier molecular flexibility index (Phi) is 9.76. The van der Waals surface area contributed by atoms with Crippen LogP contribution in [0.2, 0.25) is 0 Å². The zero-order chi connectivity index (χ0) is 20.8.